The second kappa shape index (κ2) is 11.1. The molecular formula is C23H30N4O4. The van der Waals surface area contributed by atoms with Crippen molar-refractivity contribution in [1.82, 2.24) is 15.5 Å². The summed E-state index contributed by atoms with van der Waals surface area (Å²) in [5.41, 5.74) is 1.66. The lowest BCUT2D eigenvalue weighted by molar-refractivity contribution is 0.180. The Labute approximate surface area is 182 Å². The number of anilines is 1. The summed E-state index contributed by atoms with van der Waals surface area (Å²) in [6, 6.07) is 14.6. The number of hydrogen-bond donors (Lipinski definition) is 3. The SMILES string of the molecule is COc1ccc(CNC(=O)NCC2CCN(C(=O)Nc3ccccc3OC)CC2)cc1. The van der Waals surface area contributed by atoms with Crippen LogP contribution < -0.4 is 25.4 Å². The van der Waals surface area contributed by atoms with Gasteiger partial charge in [-0.05, 0) is 48.6 Å². The number of para-hydroxylation sites is 2. The number of methoxy groups -OCH3 is 2. The smallest absolute Gasteiger partial charge is 0.321 e. The zero-order valence-corrected chi connectivity index (χ0v) is 18.0. The molecule has 8 heteroatoms. The first-order valence-electron chi connectivity index (χ1n) is 10.4. The maximum absolute atomic E-state index is 12.5. The van der Waals surface area contributed by atoms with Crippen molar-refractivity contribution in [2.24, 2.45) is 5.92 Å². The minimum Gasteiger partial charge on any atom is -0.497 e. The first kappa shape index (κ1) is 22.3. The fourth-order valence-electron chi connectivity index (χ4n) is 3.51. The van der Waals surface area contributed by atoms with E-state index >= 15 is 0 Å². The normalized spacial score (nSPS) is 13.9. The lowest BCUT2D eigenvalue weighted by Crippen LogP contribution is -2.44. The average Bonchev–Trinajstić information content (AvgIpc) is 2.82. The van der Waals surface area contributed by atoms with Crippen molar-refractivity contribution >= 4 is 17.7 Å². The van der Waals surface area contributed by atoms with Crippen LogP contribution in [0, 0.1) is 5.92 Å². The summed E-state index contributed by atoms with van der Waals surface area (Å²) >= 11 is 0. The predicted octanol–water partition coefficient (Wildman–Crippen LogP) is 3.45. The van der Waals surface area contributed by atoms with Crippen molar-refractivity contribution < 1.29 is 19.1 Å². The lowest BCUT2D eigenvalue weighted by atomic mass is 9.97. The van der Waals surface area contributed by atoms with Gasteiger partial charge in [0.15, 0.2) is 0 Å². The van der Waals surface area contributed by atoms with Gasteiger partial charge in [-0.15, -0.1) is 0 Å². The second-order valence-corrected chi connectivity index (χ2v) is 7.47. The Kier molecular flexibility index (Phi) is 7.98. The molecule has 1 aliphatic rings. The van der Waals surface area contributed by atoms with Gasteiger partial charge in [0, 0.05) is 26.2 Å². The Hall–Kier alpha value is -3.42. The topological polar surface area (TPSA) is 91.9 Å². The molecule has 0 bridgehead atoms. The molecule has 4 amide bonds. The largest absolute Gasteiger partial charge is 0.497 e. The Morgan fingerprint density at radius 3 is 2.35 bits per heavy atom. The molecule has 0 aliphatic carbocycles. The highest BCUT2D eigenvalue weighted by atomic mass is 16.5. The van der Waals surface area contributed by atoms with Crippen LogP contribution in [0.1, 0.15) is 18.4 Å². The monoisotopic (exact) mass is 426 g/mol. The van der Waals surface area contributed by atoms with Crippen LogP contribution in [-0.2, 0) is 6.54 Å². The lowest BCUT2D eigenvalue weighted by Gasteiger charge is -2.32. The van der Waals surface area contributed by atoms with Gasteiger partial charge in [-0.25, -0.2) is 9.59 Å². The van der Waals surface area contributed by atoms with Crippen molar-refractivity contribution in [2.75, 3.05) is 39.2 Å². The molecule has 1 fully saturated rings. The molecule has 1 heterocycles. The van der Waals surface area contributed by atoms with E-state index in [2.05, 4.69) is 16.0 Å². The zero-order valence-electron chi connectivity index (χ0n) is 18.0. The van der Waals surface area contributed by atoms with E-state index in [-0.39, 0.29) is 12.1 Å². The molecule has 0 aromatic heterocycles. The van der Waals surface area contributed by atoms with Gasteiger partial charge in [-0.3, -0.25) is 0 Å². The number of urea groups is 2. The number of carbonyl (C=O) groups excluding carboxylic acids is 2. The second-order valence-electron chi connectivity index (χ2n) is 7.47. The number of nitrogens with zero attached hydrogens (tertiary/aromatic N) is 1. The van der Waals surface area contributed by atoms with Gasteiger partial charge in [-0.1, -0.05) is 24.3 Å². The highest BCUT2D eigenvalue weighted by Crippen LogP contribution is 2.24. The molecule has 2 aromatic rings. The Morgan fingerprint density at radius 1 is 0.968 bits per heavy atom. The van der Waals surface area contributed by atoms with E-state index in [1.165, 1.54) is 0 Å². The molecule has 0 radical (unpaired) electrons. The summed E-state index contributed by atoms with van der Waals surface area (Å²) in [5, 5.41) is 8.71. The maximum Gasteiger partial charge on any atom is 0.321 e. The summed E-state index contributed by atoms with van der Waals surface area (Å²) in [7, 11) is 3.20. The number of hydrogen-bond acceptors (Lipinski definition) is 4. The highest BCUT2D eigenvalue weighted by molar-refractivity contribution is 5.91. The molecule has 3 N–H and O–H groups in total. The molecule has 0 spiro atoms. The molecular weight excluding hydrogens is 396 g/mol. The number of rotatable bonds is 7. The average molecular weight is 427 g/mol. The van der Waals surface area contributed by atoms with Crippen LogP contribution in [0.25, 0.3) is 0 Å². The van der Waals surface area contributed by atoms with Gasteiger partial charge in [-0.2, -0.15) is 0 Å². The fourth-order valence-corrected chi connectivity index (χ4v) is 3.51. The maximum atomic E-state index is 12.5. The molecule has 0 unspecified atom stereocenters. The van der Waals surface area contributed by atoms with Gasteiger partial charge < -0.3 is 30.3 Å². The summed E-state index contributed by atoms with van der Waals surface area (Å²) < 4.78 is 10.4. The summed E-state index contributed by atoms with van der Waals surface area (Å²) in [6.07, 6.45) is 1.69. The Morgan fingerprint density at radius 2 is 1.68 bits per heavy atom. The van der Waals surface area contributed by atoms with E-state index in [1.807, 2.05) is 48.5 Å². The van der Waals surface area contributed by atoms with Crippen LogP contribution in [0.3, 0.4) is 0 Å². The van der Waals surface area contributed by atoms with E-state index < -0.39 is 0 Å². The fraction of sp³-hybridized carbons (Fsp3) is 0.391. The summed E-state index contributed by atoms with van der Waals surface area (Å²) in [5.74, 6) is 1.77. The number of amides is 4. The van der Waals surface area contributed by atoms with Gasteiger partial charge in [0.2, 0.25) is 0 Å². The number of benzene rings is 2. The number of nitrogens with one attached hydrogen (secondary N) is 3. The van der Waals surface area contributed by atoms with Crippen LogP contribution >= 0.6 is 0 Å². The predicted molar refractivity (Wildman–Crippen MR) is 120 cm³/mol. The molecule has 0 saturated carbocycles. The van der Waals surface area contributed by atoms with Gasteiger partial charge in [0.25, 0.3) is 0 Å². The van der Waals surface area contributed by atoms with Crippen molar-refractivity contribution in [3.63, 3.8) is 0 Å². The van der Waals surface area contributed by atoms with Crippen LogP contribution in [0.4, 0.5) is 15.3 Å². The van der Waals surface area contributed by atoms with Crippen LogP contribution in [0.15, 0.2) is 48.5 Å². The van der Waals surface area contributed by atoms with Crippen LogP contribution in [0.5, 0.6) is 11.5 Å². The first-order chi connectivity index (χ1) is 15.1. The van der Waals surface area contributed by atoms with E-state index in [9.17, 15) is 9.59 Å². The molecule has 1 aliphatic heterocycles. The first-order valence-corrected chi connectivity index (χ1v) is 10.4. The van der Waals surface area contributed by atoms with Gasteiger partial charge in [0.05, 0.1) is 19.9 Å². The van der Waals surface area contributed by atoms with Crippen LogP contribution in [-0.4, -0.2) is 50.8 Å². The molecule has 31 heavy (non-hydrogen) atoms. The third-order valence-electron chi connectivity index (χ3n) is 5.41. The van der Waals surface area contributed by atoms with Crippen molar-refractivity contribution in [3.8, 4) is 11.5 Å². The number of carbonyl (C=O) groups is 2. The third kappa shape index (κ3) is 6.53. The molecule has 0 atom stereocenters. The minimum absolute atomic E-state index is 0.131. The van der Waals surface area contributed by atoms with Crippen molar-refractivity contribution in [2.45, 2.75) is 19.4 Å². The number of piperidine rings is 1. The highest BCUT2D eigenvalue weighted by Gasteiger charge is 2.23. The molecule has 8 nitrogen and oxygen atoms in total. The van der Waals surface area contributed by atoms with Crippen molar-refractivity contribution in [3.05, 3.63) is 54.1 Å². The summed E-state index contributed by atoms with van der Waals surface area (Å²) in [6.45, 7) is 2.36. The molecule has 3 rings (SSSR count). The minimum atomic E-state index is -0.188. The number of ether oxygens (including phenoxy) is 2. The molecule has 1 saturated heterocycles. The molecule has 166 valence electrons. The van der Waals surface area contributed by atoms with Crippen molar-refractivity contribution in [1.29, 1.82) is 0 Å². The van der Waals surface area contributed by atoms with Crippen LogP contribution in [0.2, 0.25) is 0 Å². The van der Waals surface area contributed by atoms with E-state index in [0.717, 1.165) is 24.2 Å². The standard InChI is InChI=1S/C23H30N4O4/c1-30-19-9-7-17(8-10-19)15-24-22(28)25-16-18-11-13-27(14-12-18)23(29)26-20-5-3-4-6-21(20)31-2/h3-10,18H,11-16H2,1-2H3,(H,26,29)(H2,24,25,28). The van der Waals surface area contributed by atoms with E-state index in [0.29, 0.717) is 43.5 Å². The summed E-state index contributed by atoms with van der Waals surface area (Å²) in [4.78, 5) is 26.4. The van der Waals surface area contributed by atoms with Gasteiger partial charge >= 0.3 is 12.1 Å². The molecule has 2 aromatic carbocycles. The Balaban J connectivity index is 1.35. The number of likely N-dealkylation sites (tertiary alicyclic amines) is 1. The zero-order chi connectivity index (χ0) is 22.1. The third-order valence-corrected chi connectivity index (χ3v) is 5.41. The van der Waals surface area contributed by atoms with E-state index in [4.69, 9.17) is 9.47 Å². The van der Waals surface area contributed by atoms with E-state index in [1.54, 1.807) is 19.1 Å². The quantitative estimate of drug-likeness (QED) is 0.632. The van der Waals surface area contributed by atoms with Gasteiger partial charge in [0.1, 0.15) is 11.5 Å². The Bertz CT molecular complexity index is 864.